The van der Waals surface area contributed by atoms with Crippen molar-refractivity contribution < 1.29 is 4.79 Å². The predicted molar refractivity (Wildman–Crippen MR) is 91.3 cm³/mol. The van der Waals surface area contributed by atoms with Crippen molar-refractivity contribution in [3.05, 3.63) is 64.2 Å². The summed E-state index contributed by atoms with van der Waals surface area (Å²) in [6, 6.07) is 12.5. The van der Waals surface area contributed by atoms with Crippen LogP contribution in [0.1, 0.15) is 21.5 Å². The fourth-order valence-corrected chi connectivity index (χ4v) is 2.20. The minimum Gasteiger partial charge on any atom is -0.389 e. The summed E-state index contributed by atoms with van der Waals surface area (Å²) in [5.74, 6) is -0.116. The zero-order valence-electron chi connectivity index (χ0n) is 11.8. The second-order valence-electron chi connectivity index (χ2n) is 4.74. The number of aryl methyl sites for hydroxylation is 1. The Balaban J connectivity index is 2.32. The molecule has 108 valence electrons. The van der Waals surface area contributed by atoms with Crippen LogP contribution in [0.2, 0.25) is 5.02 Å². The van der Waals surface area contributed by atoms with E-state index in [4.69, 9.17) is 29.6 Å². The number of nitrogens with zero attached hydrogens (tertiary/aromatic N) is 1. The predicted octanol–water partition coefficient (Wildman–Crippen LogP) is 3.56. The minimum absolute atomic E-state index is 0.116. The highest BCUT2D eigenvalue weighted by Gasteiger charge is 2.14. The van der Waals surface area contributed by atoms with Crippen LogP contribution in [0.5, 0.6) is 0 Å². The number of anilines is 1. The summed E-state index contributed by atoms with van der Waals surface area (Å²) in [4.78, 5) is 14.4. The molecular weight excluding hydrogens is 304 g/mol. The molecular formula is C16H15ClN2OS. The molecule has 3 nitrogen and oxygen atoms in total. The van der Waals surface area contributed by atoms with Gasteiger partial charge in [0.05, 0.1) is 0 Å². The van der Waals surface area contributed by atoms with Gasteiger partial charge in [0, 0.05) is 28.9 Å². The Bertz CT molecular complexity index is 715. The summed E-state index contributed by atoms with van der Waals surface area (Å²) in [7, 11) is 1.71. The zero-order chi connectivity index (χ0) is 15.6. The molecule has 0 saturated heterocycles. The molecule has 0 aliphatic rings. The number of halogens is 1. The van der Waals surface area contributed by atoms with Gasteiger partial charge in [0.1, 0.15) is 4.99 Å². The van der Waals surface area contributed by atoms with E-state index in [0.717, 1.165) is 16.8 Å². The number of hydrogen-bond acceptors (Lipinski definition) is 2. The largest absolute Gasteiger partial charge is 0.389 e. The fourth-order valence-electron chi connectivity index (χ4n) is 1.96. The van der Waals surface area contributed by atoms with Crippen LogP contribution in [-0.2, 0) is 0 Å². The molecule has 0 aliphatic heterocycles. The number of amides is 1. The van der Waals surface area contributed by atoms with Gasteiger partial charge in [-0.15, -0.1) is 0 Å². The third-order valence-corrected chi connectivity index (χ3v) is 3.89. The van der Waals surface area contributed by atoms with Crippen LogP contribution in [0.4, 0.5) is 5.69 Å². The van der Waals surface area contributed by atoms with Gasteiger partial charge in [-0.3, -0.25) is 4.79 Å². The summed E-state index contributed by atoms with van der Waals surface area (Å²) in [6.07, 6.45) is 0. The Hall–Kier alpha value is -1.91. The molecule has 0 fully saturated rings. The van der Waals surface area contributed by atoms with Crippen LogP contribution in [0.3, 0.4) is 0 Å². The second kappa shape index (κ2) is 6.24. The maximum absolute atomic E-state index is 12.5. The smallest absolute Gasteiger partial charge is 0.258 e. The number of benzene rings is 2. The van der Waals surface area contributed by atoms with Gasteiger partial charge in [-0.1, -0.05) is 36.0 Å². The first-order valence-electron chi connectivity index (χ1n) is 6.34. The molecule has 2 aromatic carbocycles. The number of nitrogens with two attached hydrogens (primary N) is 1. The molecule has 0 unspecified atom stereocenters. The number of rotatable bonds is 3. The highest BCUT2D eigenvalue weighted by atomic mass is 35.5. The quantitative estimate of drug-likeness (QED) is 0.880. The fraction of sp³-hybridized carbons (Fsp3) is 0.125. The van der Waals surface area contributed by atoms with Crippen molar-refractivity contribution in [2.45, 2.75) is 6.92 Å². The van der Waals surface area contributed by atoms with Crippen LogP contribution >= 0.6 is 23.8 Å². The van der Waals surface area contributed by atoms with Gasteiger partial charge in [-0.2, -0.15) is 0 Å². The molecule has 0 saturated carbocycles. The molecule has 2 rings (SSSR count). The van der Waals surface area contributed by atoms with Crippen LogP contribution in [0, 0.1) is 6.92 Å². The molecule has 0 radical (unpaired) electrons. The monoisotopic (exact) mass is 318 g/mol. The Kier molecular flexibility index (Phi) is 4.60. The first kappa shape index (κ1) is 15.5. The molecule has 0 heterocycles. The number of carbonyl (C=O) groups excluding carboxylic acids is 1. The van der Waals surface area contributed by atoms with Crippen LogP contribution in [0.15, 0.2) is 42.5 Å². The van der Waals surface area contributed by atoms with E-state index in [9.17, 15) is 4.79 Å². The lowest BCUT2D eigenvalue weighted by Crippen LogP contribution is -2.26. The second-order valence-corrected chi connectivity index (χ2v) is 5.59. The Morgan fingerprint density at radius 3 is 2.52 bits per heavy atom. The van der Waals surface area contributed by atoms with Crippen molar-refractivity contribution in [3.63, 3.8) is 0 Å². The SMILES string of the molecule is Cc1cc(C(=O)N(C)c2cccc(C(N)=S)c2)ccc1Cl. The van der Waals surface area contributed by atoms with E-state index in [1.165, 1.54) is 0 Å². The van der Waals surface area contributed by atoms with E-state index < -0.39 is 0 Å². The number of carbonyl (C=O) groups is 1. The van der Waals surface area contributed by atoms with E-state index >= 15 is 0 Å². The van der Waals surface area contributed by atoms with Gasteiger partial charge < -0.3 is 10.6 Å². The molecule has 1 amide bonds. The van der Waals surface area contributed by atoms with Crippen molar-refractivity contribution in [2.24, 2.45) is 5.73 Å². The summed E-state index contributed by atoms with van der Waals surface area (Å²) in [6.45, 7) is 1.87. The van der Waals surface area contributed by atoms with Crippen LogP contribution < -0.4 is 10.6 Å². The summed E-state index contributed by atoms with van der Waals surface area (Å²) < 4.78 is 0. The molecule has 0 atom stereocenters. The Morgan fingerprint density at radius 2 is 1.90 bits per heavy atom. The van der Waals surface area contributed by atoms with Gasteiger partial charge in [-0.05, 0) is 42.8 Å². The highest BCUT2D eigenvalue weighted by molar-refractivity contribution is 7.80. The Labute approximate surface area is 134 Å². The molecule has 0 spiro atoms. The third kappa shape index (κ3) is 3.40. The molecule has 2 N–H and O–H groups in total. The van der Waals surface area contributed by atoms with Gasteiger partial charge >= 0.3 is 0 Å². The molecule has 5 heteroatoms. The van der Waals surface area contributed by atoms with Gasteiger partial charge in [0.25, 0.3) is 5.91 Å². The van der Waals surface area contributed by atoms with E-state index in [1.54, 1.807) is 36.2 Å². The Morgan fingerprint density at radius 1 is 1.19 bits per heavy atom. The van der Waals surface area contributed by atoms with E-state index in [-0.39, 0.29) is 5.91 Å². The van der Waals surface area contributed by atoms with Crippen molar-refractivity contribution in [2.75, 3.05) is 11.9 Å². The topological polar surface area (TPSA) is 46.3 Å². The van der Waals surface area contributed by atoms with Crippen molar-refractivity contribution in [3.8, 4) is 0 Å². The molecule has 0 aliphatic carbocycles. The lowest BCUT2D eigenvalue weighted by molar-refractivity contribution is 0.0993. The third-order valence-electron chi connectivity index (χ3n) is 3.23. The van der Waals surface area contributed by atoms with Crippen LogP contribution in [0.25, 0.3) is 0 Å². The van der Waals surface area contributed by atoms with E-state index in [2.05, 4.69) is 0 Å². The number of hydrogen-bond donors (Lipinski definition) is 1. The summed E-state index contributed by atoms with van der Waals surface area (Å²) in [5.41, 5.74) is 8.54. The molecule has 0 bridgehead atoms. The summed E-state index contributed by atoms with van der Waals surface area (Å²) in [5, 5.41) is 0.643. The average Bonchev–Trinajstić information content (AvgIpc) is 2.48. The molecule has 21 heavy (non-hydrogen) atoms. The average molecular weight is 319 g/mol. The highest BCUT2D eigenvalue weighted by Crippen LogP contribution is 2.20. The van der Waals surface area contributed by atoms with Gasteiger partial charge in [0.2, 0.25) is 0 Å². The maximum Gasteiger partial charge on any atom is 0.258 e. The van der Waals surface area contributed by atoms with Crippen molar-refractivity contribution in [1.82, 2.24) is 0 Å². The van der Waals surface area contributed by atoms with E-state index in [1.807, 2.05) is 25.1 Å². The maximum atomic E-state index is 12.5. The lowest BCUT2D eigenvalue weighted by Gasteiger charge is -2.18. The van der Waals surface area contributed by atoms with E-state index in [0.29, 0.717) is 15.6 Å². The van der Waals surface area contributed by atoms with Crippen LogP contribution in [-0.4, -0.2) is 17.9 Å². The van der Waals surface area contributed by atoms with Gasteiger partial charge in [-0.25, -0.2) is 0 Å². The summed E-state index contributed by atoms with van der Waals surface area (Å²) >= 11 is 10.9. The lowest BCUT2D eigenvalue weighted by atomic mass is 10.1. The van der Waals surface area contributed by atoms with Crippen molar-refractivity contribution >= 4 is 40.4 Å². The van der Waals surface area contributed by atoms with Gasteiger partial charge in [0.15, 0.2) is 0 Å². The standard InChI is InChI=1S/C16H15ClN2OS/c1-10-8-12(6-7-14(10)17)16(20)19(2)13-5-3-4-11(9-13)15(18)21/h3-9H,1-2H3,(H2,18,21). The minimum atomic E-state index is -0.116. The first-order valence-corrected chi connectivity index (χ1v) is 7.13. The molecule has 0 aromatic heterocycles. The first-order chi connectivity index (χ1) is 9.90. The normalized spacial score (nSPS) is 10.2. The number of thiocarbonyl (C=S) groups is 1. The zero-order valence-corrected chi connectivity index (χ0v) is 13.3. The van der Waals surface area contributed by atoms with Crippen molar-refractivity contribution in [1.29, 1.82) is 0 Å². The molecule has 2 aromatic rings.